The largest absolute Gasteiger partial charge is 0.481 e. The number of urea groups is 1. The molecule has 0 aliphatic carbocycles. The smallest absolute Gasteiger partial charge is 0.332 e. The van der Waals surface area contributed by atoms with Gasteiger partial charge in [0.15, 0.2) is 0 Å². The molecule has 0 aromatic rings. The third-order valence-electron chi connectivity index (χ3n) is 1.18. The first-order valence-corrected chi connectivity index (χ1v) is 5.01. The number of nitrogens with one attached hydrogen (secondary N) is 1. The van der Waals surface area contributed by atoms with Crippen LogP contribution in [0.25, 0.3) is 0 Å². The predicted molar refractivity (Wildman–Crippen MR) is 55.2 cm³/mol. The van der Waals surface area contributed by atoms with Gasteiger partial charge in [-0.05, 0) is 6.42 Å². The fraction of sp³-hybridized carbons (Fsp3) is 0.571. The van der Waals surface area contributed by atoms with Crippen LogP contribution in [0.15, 0.2) is 5.10 Å². The van der Waals surface area contributed by atoms with Gasteiger partial charge in [-0.15, -0.1) is 11.8 Å². The molecule has 0 heterocycles. The number of thioether (sulfide) groups is 1. The SMILES string of the molecule is CC/C(=N\NC(N)=O)SCCC(=O)O. The Morgan fingerprint density at radius 1 is 1.57 bits per heavy atom. The van der Waals surface area contributed by atoms with E-state index in [-0.39, 0.29) is 6.42 Å². The van der Waals surface area contributed by atoms with Crippen molar-refractivity contribution in [2.75, 3.05) is 5.75 Å². The van der Waals surface area contributed by atoms with Crippen molar-refractivity contribution in [2.24, 2.45) is 10.8 Å². The number of hydrazone groups is 1. The van der Waals surface area contributed by atoms with Gasteiger partial charge < -0.3 is 10.8 Å². The number of carboxylic acids is 1. The topological polar surface area (TPSA) is 105 Å². The second-order valence-electron chi connectivity index (χ2n) is 2.33. The van der Waals surface area contributed by atoms with Gasteiger partial charge in [0, 0.05) is 5.75 Å². The summed E-state index contributed by atoms with van der Waals surface area (Å²) >= 11 is 1.29. The normalized spacial score (nSPS) is 11.1. The predicted octanol–water partition coefficient (Wildman–Crippen LogP) is 0.586. The number of carbonyl (C=O) groups excluding carboxylic acids is 1. The van der Waals surface area contributed by atoms with Crippen molar-refractivity contribution in [1.29, 1.82) is 0 Å². The monoisotopic (exact) mass is 219 g/mol. The second kappa shape index (κ2) is 7.19. The van der Waals surface area contributed by atoms with Crippen LogP contribution in [0.1, 0.15) is 19.8 Å². The Kier molecular flexibility index (Phi) is 6.55. The lowest BCUT2D eigenvalue weighted by Gasteiger charge is -2.01. The molecule has 0 rings (SSSR count). The van der Waals surface area contributed by atoms with Crippen molar-refractivity contribution in [3.63, 3.8) is 0 Å². The number of rotatable bonds is 5. The molecule has 0 aromatic heterocycles. The van der Waals surface area contributed by atoms with Crippen LogP contribution in [0.2, 0.25) is 0 Å². The van der Waals surface area contributed by atoms with Crippen LogP contribution in [0, 0.1) is 0 Å². The van der Waals surface area contributed by atoms with E-state index in [0.717, 1.165) is 0 Å². The quantitative estimate of drug-likeness (QED) is 0.357. The summed E-state index contributed by atoms with van der Waals surface area (Å²) in [6.07, 6.45) is 0.699. The van der Waals surface area contributed by atoms with Gasteiger partial charge in [0.25, 0.3) is 0 Å². The van der Waals surface area contributed by atoms with E-state index in [1.165, 1.54) is 11.8 Å². The van der Waals surface area contributed by atoms with E-state index in [2.05, 4.69) is 10.5 Å². The number of hydrogen-bond donors (Lipinski definition) is 3. The molecule has 7 heteroatoms. The molecule has 0 aliphatic rings. The lowest BCUT2D eigenvalue weighted by molar-refractivity contribution is -0.136. The molecule has 0 unspecified atom stereocenters. The van der Waals surface area contributed by atoms with Gasteiger partial charge in [-0.2, -0.15) is 5.10 Å². The molecule has 14 heavy (non-hydrogen) atoms. The Morgan fingerprint density at radius 3 is 2.64 bits per heavy atom. The third kappa shape index (κ3) is 7.41. The molecule has 2 amide bonds. The molecular weight excluding hydrogens is 206 g/mol. The molecule has 0 aliphatic heterocycles. The van der Waals surface area contributed by atoms with E-state index in [1.807, 2.05) is 6.92 Å². The first-order valence-electron chi connectivity index (χ1n) is 4.02. The highest BCUT2D eigenvalue weighted by Gasteiger charge is 2.01. The van der Waals surface area contributed by atoms with Crippen LogP contribution in [0.4, 0.5) is 4.79 Å². The summed E-state index contributed by atoms with van der Waals surface area (Å²) in [7, 11) is 0. The van der Waals surface area contributed by atoms with Crippen molar-refractivity contribution in [2.45, 2.75) is 19.8 Å². The molecule has 4 N–H and O–H groups in total. The van der Waals surface area contributed by atoms with Crippen LogP contribution < -0.4 is 11.2 Å². The van der Waals surface area contributed by atoms with Gasteiger partial charge in [0.2, 0.25) is 0 Å². The number of nitrogens with zero attached hydrogens (tertiary/aromatic N) is 1. The molecule has 0 atom stereocenters. The van der Waals surface area contributed by atoms with Crippen LogP contribution in [-0.4, -0.2) is 27.9 Å². The maximum Gasteiger partial charge on any atom is 0.332 e. The fourth-order valence-electron chi connectivity index (χ4n) is 0.587. The summed E-state index contributed by atoms with van der Waals surface area (Å²) in [5.74, 6) is -0.418. The summed E-state index contributed by atoms with van der Waals surface area (Å²) in [4.78, 5) is 20.5. The zero-order valence-corrected chi connectivity index (χ0v) is 8.63. The average Bonchev–Trinajstić information content (AvgIpc) is 2.10. The highest BCUT2D eigenvalue weighted by molar-refractivity contribution is 8.13. The summed E-state index contributed by atoms with van der Waals surface area (Å²) < 4.78 is 0. The van der Waals surface area contributed by atoms with Gasteiger partial charge in [0.1, 0.15) is 0 Å². The van der Waals surface area contributed by atoms with Gasteiger partial charge in [-0.1, -0.05) is 6.92 Å². The number of primary amides is 1. The summed E-state index contributed by atoms with van der Waals surface area (Å²) in [6, 6.07) is -0.727. The lowest BCUT2D eigenvalue weighted by atomic mass is 10.5. The lowest BCUT2D eigenvalue weighted by Crippen LogP contribution is -2.25. The highest BCUT2D eigenvalue weighted by Crippen LogP contribution is 2.08. The number of amides is 2. The standard InChI is InChI=1S/C7H13N3O3S/c1-2-5(9-10-7(8)13)14-4-3-6(11)12/h2-4H2,1H3,(H,11,12)(H3,8,10,13)/b9-5+. The number of carbonyl (C=O) groups is 2. The molecule has 0 fully saturated rings. The van der Waals surface area contributed by atoms with E-state index >= 15 is 0 Å². The van der Waals surface area contributed by atoms with Crippen molar-refractivity contribution < 1.29 is 14.7 Å². The average molecular weight is 219 g/mol. The Labute approximate surface area is 85.9 Å². The molecular formula is C7H13N3O3S. The van der Waals surface area contributed by atoms with Crippen LogP contribution in [0.5, 0.6) is 0 Å². The van der Waals surface area contributed by atoms with Crippen LogP contribution in [-0.2, 0) is 4.79 Å². The maximum absolute atomic E-state index is 10.3. The van der Waals surface area contributed by atoms with Crippen molar-refractivity contribution in [3.8, 4) is 0 Å². The zero-order valence-electron chi connectivity index (χ0n) is 7.82. The molecule has 0 saturated carbocycles. The third-order valence-corrected chi connectivity index (χ3v) is 2.30. The molecule has 0 bridgehead atoms. The van der Waals surface area contributed by atoms with E-state index in [4.69, 9.17) is 10.8 Å². The Morgan fingerprint density at radius 2 is 2.21 bits per heavy atom. The number of aliphatic carboxylic acids is 1. The minimum absolute atomic E-state index is 0.0697. The fourth-order valence-corrected chi connectivity index (χ4v) is 1.41. The minimum Gasteiger partial charge on any atom is -0.481 e. The van der Waals surface area contributed by atoms with Crippen molar-refractivity contribution in [3.05, 3.63) is 0 Å². The first-order chi connectivity index (χ1) is 6.56. The summed E-state index contributed by atoms with van der Waals surface area (Å²) in [5.41, 5.74) is 6.91. The number of hydrogen-bond acceptors (Lipinski definition) is 4. The van der Waals surface area contributed by atoms with E-state index in [0.29, 0.717) is 17.2 Å². The minimum atomic E-state index is -0.851. The Balaban J connectivity index is 3.84. The molecule has 0 spiro atoms. The van der Waals surface area contributed by atoms with E-state index < -0.39 is 12.0 Å². The van der Waals surface area contributed by atoms with Gasteiger partial charge in [-0.25, -0.2) is 10.2 Å². The Hall–Kier alpha value is -1.24. The molecule has 0 saturated heterocycles. The molecule has 0 aromatic carbocycles. The Bertz CT molecular complexity index is 242. The van der Waals surface area contributed by atoms with Crippen molar-refractivity contribution in [1.82, 2.24) is 5.43 Å². The number of nitrogens with two attached hydrogens (primary N) is 1. The highest BCUT2D eigenvalue weighted by atomic mass is 32.2. The van der Waals surface area contributed by atoms with Crippen molar-refractivity contribution >= 4 is 28.8 Å². The molecule has 80 valence electrons. The second-order valence-corrected chi connectivity index (χ2v) is 3.50. The van der Waals surface area contributed by atoms with Gasteiger partial charge >= 0.3 is 12.0 Å². The maximum atomic E-state index is 10.3. The van der Waals surface area contributed by atoms with E-state index in [9.17, 15) is 9.59 Å². The van der Waals surface area contributed by atoms with Crippen LogP contribution in [0.3, 0.4) is 0 Å². The summed E-state index contributed by atoms with van der Waals surface area (Å²) in [5, 5.41) is 12.7. The first kappa shape index (κ1) is 12.8. The molecule has 0 radical (unpaired) electrons. The zero-order chi connectivity index (χ0) is 11.0. The van der Waals surface area contributed by atoms with Crippen LogP contribution >= 0.6 is 11.8 Å². The number of carboxylic acid groups (broad SMARTS) is 1. The van der Waals surface area contributed by atoms with Gasteiger partial charge in [0.05, 0.1) is 11.5 Å². The van der Waals surface area contributed by atoms with Gasteiger partial charge in [-0.3, -0.25) is 4.79 Å². The molecule has 6 nitrogen and oxygen atoms in total. The summed E-state index contributed by atoms with van der Waals surface area (Å²) in [6.45, 7) is 1.86. The van der Waals surface area contributed by atoms with E-state index in [1.54, 1.807) is 0 Å².